The Morgan fingerprint density at radius 3 is 2.58 bits per heavy atom. The van der Waals surface area contributed by atoms with Gasteiger partial charge in [0.05, 0.1) is 17.6 Å². The first-order valence-electron chi connectivity index (χ1n) is 10.1. The molecule has 0 saturated carbocycles. The Labute approximate surface area is 190 Å². The second-order valence-electron chi connectivity index (χ2n) is 7.55. The predicted octanol–water partition coefficient (Wildman–Crippen LogP) is 3.51. The van der Waals surface area contributed by atoms with Gasteiger partial charge in [-0.05, 0) is 29.3 Å². The molecule has 3 heterocycles. The number of nitrogens with two attached hydrogens (primary N) is 1. The van der Waals surface area contributed by atoms with Crippen LogP contribution in [0.5, 0.6) is 5.75 Å². The van der Waals surface area contributed by atoms with Gasteiger partial charge in [0, 0.05) is 12.7 Å². The first kappa shape index (κ1) is 21.2. The van der Waals surface area contributed by atoms with E-state index in [-0.39, 0.29) is 35.1 Å². The molecule has 2 aromatic heterocycles. The van der Waals surface area contributed by atoms with Crippen LogP contribution in [0.4, 0.5) is 5.69 Å². The van der Waals surface area contributed by atoms with Crippen LogP contribution in [-0.4, -0.2) is 29.6 Å². The third-order valence-corrected chi connectivity index (χ3v) is 6.87. The largest absolute Gasteiger partial charge is 0.506 e. The fourth-order valence-corrected chi connectivity index (χ4v) is 5.14. The summed E-state index contributed by atoms with van der Waals surface area (Å²) >= 11 is 0. The molecule has 4 aromatic rings. The van der Waals surface area contributed by atoms with Crippen molar-refractivity contribution in [3.8, 4) is 5.75 Å². The molecule has 0 aliphatic carbocycles. The number of nitrogens with one attached hydrogen (secondary N) is 1. The standard InChI is InChI=1S/C23H21N5O4S/c24-12-15-8-4-10-17-19(15)26-21(27-33(17,31)32)18-20(29)16-9-5-11-25-22(16)28(23(18)30)13-14-6-2-1-3-7-14/h1-11,29,31-32H,12-13,24H2,(H,26,27). The average Bonchev–Trinajstić information content (AvgIpc) is 2.82. The quantitative estimate of drug-likeness (QED) is 0.311. The Kier molecular flexibility index (Phi) is 5.14. The highest BCUT2D eigenvalue weighted by atomic mass is 32.3. The lowest BCUT2D eigenvalue weighted by molar-refractivity contribution is 0.477. The number of anilines is 1. The van der Waals surface area contributed by atoms with Gasteiger partial charge in [0.2, 0.25) is 0 Å². The lowest BCUT2D eigenvalue weighted by Gasteiger charge is -2.35. The van der Waals surface area contributed by atoms with E-state index in [0.717, 1.165) is 5.56 Å². The summed E-state index contributed by atoms with van der Waals surface area (Å²) in [5.41, 5.74) is 7.23. The zero-order valence-corrected chi connectivity index (χ0v) is 18.2. The van der Waals surface area contributed by atoms with Gasteiger partial charge in [0.15, 0.2) is 5.84 Å². The Morgan fingerprint density at radius 2 is 1.82 bits per heavy atom. The van der Waals surface area contributed by atoms with Gasteiger partial charge < -0.3 is 16.2 Å². The zero-order valence-electron chi connectivity index (χ0n) is 17.3. The van der Waals surface area contributed by atoms with Gasteiger partial charge in [0.25, 0.3) is 5.56 Å². The summed E-state index contributed by atoms with van der Waals surface area (Å²) in [5.74, 6) is -0.485. The molecule has 1 aliphatic heterocycles. The average molecular weight is 464 g/mol. The molecule has 33 heavy (non-hydrogen) atoms. The number of fused-ring (bicyclic) bond motifs is 2. The smallest absolute Gasteiger partial charge is 0.267 e. The summed E-state index contributed by atoms with van der Waals surface area (Å²) in [6.45, 7) is 0.333. The van der Waals surface area contributed by atoms with Gasteiger partial charge in [0.1, 0.15) is 21.9 Å². The monoisotopic (exact) mass is 463 g/mol. The molecule has 10 heteroatoms. The zero-order chi connectivity index (χ0) is 23.2. The molecule has 0 unspecified atom stereocenters. The Bertz CT molecular complexity index is 1470. The highest BCUT2D eigenvalue weighted by molar-refractivity contribution is 8.23. The fourth-order valence-electron chi connectivity index (χ4n) is 3.93. The Hall–Kier alpha value is -3.70. The van der Waals surface area contributed by atoms with Gasteiger partial charge in [-0.25, -0.2) is 4.98 Å². The number of amidine groups is 1. The van der Waals surface area contributed by atoms with Crippen molar-refractivity contribution in [3.05, 3.63) is 93.9 Å². The van der Waals surface area contributed by atoms with Crippen LogP contribution < -0.4 is 16.6 Å². The molecule has 0 amide bonds. The number of aromatic nitrogens is 2. The van der Waals surface area contributed by atoms with Gasteiger partial charge >= 0.3 is 0 Å². The van der Waals surface area contributed by atoms with Crippen LogP contribution >= 0.6 is 10.8 Å². The number of pyridine rings is 2. The minimum Gasteiger partial charge on any atom is -0.506 e. The Balaban J connectivity index is 1.75. The third kappa shape index (κ3) is 3.55. The number of nitrogens with zero attached hydrogens (tertiary/aromatic N) is 3. The summed E-state index contributed by atoms with van der Waals surface area (Å²) in [4.78, 5) is 18.1. The maximum Gasteiger partial charge on any atom is 0.267 e. The van der Waals surface area contributed by atoms with Crippen molar-refractivity contribution >= 4 is 33.3 Å². The highest BCUT2D eigenvalue weighted by Crippen LogP contribution is 2.56. The molecule has 0 radical (unpaired) electrons. The molecule has 6 N–H and O–H groups in total. The van der Waals surface area contributed by atoms with E-state index in [0.29, 0.717) is 22.3 Å². The van der Waals surface area contributed by atoms with E-state index in [4.69, 9.17) is 5.73 Å². The van der Waals surface area contributed by atoms with Crippen LogP contribution in [-0.2, 0) is 13.1 Å². The second-order valence-corrected chi connectivity index (χ2v) is 9.21. The SMILES string of the molecule is NCc1cccc2c1NC(c1c(O)c3cccnc3n(Cc3ccccc3)c1=O)=NS2(O)O. The molecule has 2 aromatic carbocycles. The maximum absolute atomic E-state index is 13.6. The molecule has 0 saturated heterocycles. The molecule has 168 valence electrons. The summed E-state index contributed by atoms with van der Waals surface area (Å²) in [6.07, 6.45) is 1.54. The third-order valence-electron chi connectivity index (χ3n) is 5.50. The first-order chi connectivity index (χ1) is 15.9. The second kappa shape index (κ2) is 8.01. The number of hydrogen-bond acceptors (Lipinski definition) is 8. The van der Waals surface area contributed by atoms with Crippen LogP contribution in [0.25, 0.3) is 11.0 Å². The predicted molar refractivity (Wildman–Crippen MR) is 129 cm³/mol. The van der Waals surface area contributed by atoms with E-state index >= 15 is 0 Å². The maximum atomic E-state index is 13.6. The number of hydrogen-bond donors (Lipinski definition) is 5. The summed E-state index contributed by atoms with van der Waals surface area (Å²) < 4.78 is 27.0. The molecule has 0 bridgehead atoms. The minimum atomic E-state index is -3.64. The van der Waals surface area contributed by atoms with Crippen LogP contribution in [0, 0.1) is 0 Å². The summed E-state index contributed by atoms with van der Waals surface area (Å²) in [7, 11) is -3.64. The van der Waals surface area contributed by atoms with E-state index in [2.05, 4.69) is 14.7 Å². The Morgan fingerprint density at radius 1 is 1.03 bits per heavy atom. The molecule has 0 fully saturated rings. The van der Waals surface area contributed by atoms with Crippen molar-refractivity contribution in [2.45, 2.75) is 18.0 Å². The lowest BCUT2D eigenvalue weighted by atomic mass is 10.1. The van der Waals surface area contributed by atoms with Crippen molar-refractivity contribution in [2.24, 2.45) is 10.1 Å². The van der Waals surface area contributed by atoms with Crippen LogP contribution in [0.3, 0.4) is 0 Å². The molecular formula is C23H21N5O4S. The first-order valence-corrected chi connectivity index (χ1v) is 11.6. The lowest BCUT2D eigenvalue weighted by Crippen LogP contribution is -2.33. The molecule has 5 rings (SSSR count). The van der Waals surface area contributed by atoms with Crippen LogP contribution in [0.15, 0.2) is 80.9 Å². The van der Waals surface area contributed by atoms with E-state index < -0.39 is 16.3 Å². The van der Waals surface area contributed by atoms with Gasteiger partial charge in [-0.3, -0.25) is 18.5 Å². The number of aromatic hydroxyl groups is 1. The van der Waals surface area contributed by atoms with Crippen molar-refractivity contribution in [1.29, 1.82) is 0 Å². The van der Waals surface area contributed by atoms with E-state index in [9.17, 15) is 19.0 Å². The molecule has 0 atom stereocenters. The van der Waals surface area contributed by atoms with Gasteiger partial charge in [-0.2, -0.15) is 0 Å². The number of rotatable bonds is 4. The van der Waals surface area contributed by atoms with Crippen LogP contribution in [0.2, 0.25) is 0 Å². The molecule has 1 aliphatic rings. The fraction of sp³-hybridized carbons (Fsp3) is 0.0870. The van der Waals surface area contributed by atoms with Crippen LogP contribution in [0.1, 0.15) is 16.7 Å². The van der Waals surface area contributed by atoms with Crippen molar-refractivity contribution in [3.63, 3.8) is 0 Å². The summed E-state index contributed by atoms with van der Waals surface area (Å²) in [5, 5.41) is 14.4. The topological polar surface area (TPSA) is 146 Å². The van der Waals surface area contributed by atoms with Crippen molar-refractivity contribution in [1.82, 2.24) is 9.55 Å². The van der Waals surface area contributed by atoms with E-state index in [1.165, 1.54) is 10.6 Å². The molecule has 9 nitrogen and oxygen atoms in total. The molecule has 0 spiro atoms. The normalized spacial score (nSPS) is 15.4. The summed E-state index contributed by atoms with van der Waals surface area (Å²) in [6, 6.07) is 17.6. The molecular weight excluding hydrogens is 442 g/mol. The van der Waals surface area contributed by atoms with E-state index in [1.807, 2.05) is 30.3 Å². The highest BCUT2D eigenvalue weighted by Gasteiger charge is 2.31. The van der Waals surface area contributed by atoms with Gasteiger partial charge in [-0.1, -0.05) is 53.2 Å². The van der Waals surface area contributed by atoms with Crippen molar-refractivity contribution in [2.75, 3.05) is 5.32 Å². The number of benzene rings is 2. The number of para-hydroxylation sites is 1. The minimum absolute atomic E-state index is 0.130. The van der Waals surface area contributed by atoms with Gasteiger partial charge in [-0.15, -0.1) is 4.40 Å². The van der Waals surface area contributed by atoms with Crippen molar-refractivity contribution < 1.29 is 14.2 Å². The van der Waals surface area contributed by atoms with E-state index in [1.54, 1.807) is 30.5 Å².